The summed E-state index contributed by atoms with van der Waals surface area (Å²) in [6, 6.07) is 4.85. The minimum atomic E-state index is -4.30. The first-order valence-electron chi connectivity index (χ1n) is 4.88. The van der Waals surface area contributed by atoms with Gasteiger partial charge in [-0.2, -0.15) is 18.3 Å². The number of hydrogen-bond donors (Lipinski definition) is 1. The second kappa shape index (κ2) is 4.12. The van der Waals surface area contributed by atoms with E-state index in [1.165, 1.54) is 12.1 Å². The van der Waals surface area contributed by atoms with Crippen LogP contribution >= 0.6 is 0 Å². The van der Waals surface area contributed by atoms with Gasteiger partial charge in [0.2, 0.25) is 0 Å². The molecule has 2 aromatic rings. The maximum absolute atomic E-state index is 12.3. The van der Waals surface area contributed by atoms with Crippen molar-refractivity contribution in [3.05, 3.63) is 42.2 Å². The minimum absolute atomic E-state index is 0.589. The van der Waals surface area contributed by atoms with Crippen molar-refractivity contribution >= 4 is 11.4 Å². The summed E-state index contributed by atoms with van der Waals surface area (Å²) in [7, 11) is 1.76. The van der Waals surface area contributed by atoms with Crippen LogP contribution in [0, 0.1) is 0 Å². The Kier molecular flexibility index (Phi) is 2.79. The summed E-state index contributed by atoms with van der Waals surface area (Å²) in [4.78, 5) is 0. The van der Waals surface area contributed by atoms with Crippen molar-refractivity contribution in [3.63, 3.8) is 0 Å². The van der Waals surface area contributed by atoms with E-state index in [1.54, 1.807) is 24.1 Å². The van der Waals surface area contributed by atoms with Crippen molar-refractivity contribution in [1.29, 1.82) is 0 Å². The maximum atomic E-state index is 12.3. The van der Waals surface area contributed by atoms with Crippen LogP contribution in [0.2, 0.25) is 0 Å². The fraction of sp³-hybridized carbons (Fsp3) is 0.182. The summed E-state index contributed by atoms with van der Waals surface area (Å²) in [6.07, 6.45) is -0.970. The number of hydrogen-bond acceptors (Lipinski definition) is 2. The van der Waals surface area contributed by atoms with E-state index in [9.17, 15) is 13.2 Å². The quantitative estimate of drug-likeness (QED) is 0.875. The number of aromatic nitrogens is 2. The summed E-state index contributed by atoms with van der Waals surface area (Å²) >= 11 is 0. The van der Waals surface area contributed by atoms with Crippen LogP contribution in [0.25, 0.3) is 0 Å². The van der Waals surface area contributed by atoms with Gasteiger partial charge in [0.1, 0.15) is 0 Å². The number of anilines is 2. The van der Waals surface area contributed by atoms with E-state index in [1.807, 2.05) is 0 Å². The predicted octanol–water partition coefficient (Wildman–Crippen LogP) is 3.18. The van der Waals surface area contributed by atoms with Gasteiger partial charge in [0.25, 0.3) is 0 Å². The molecule has 0 aliphatic heterocycles. The lowest BCUT2D eigenvalue weighted by Gasteiger charge is -2.08. The second-order valence-corrected chi connectivity index (χ2v) is 3.60. The molecule has 1 aromatic heterocycles. The fourth-order valence-corrected chi connectivity index (χ4v) is 1.39. The van der Waals surface area contributed by atoms with E-state index >= 15 is 0 Å². The average Bonchev–Trinajstić information content (AvgIpc) is 2.63. The monoisotopic (exact) mass is 241 g/mol. The third-order valence-corrected chi connectivity index (χ3v) is 2.21. The van der Waals surface area contributed by atoms with E-state index < -0.39 is 11.7 Å². The van der Waals surface area contributed by atoms with Crippen molar-refractivity contribution in [2.45, 2.75) is 6.18 Å². The average molecular weight is 241 g/mol. The Labute approximate surface area is 95.9 Å². The molecule has 1 N–H and O–H groups in total. The zero-order chi connectivity index (χ0) is 12.5. The normalized spacial score (nSPS) is 11.5. The predicted molar refractivity (Wildman–Crippen MR) is 57.9 cm³/mol. The van der Waals surface area contributed by atoms with E-state index in [4.69, 9.17) is 0 Å². The Morgan fingerprint density at radius 3 is 2.24 bits per heavy atom. The zero-order valence-corrected chi connectivity index (χ0v) is 8.99. The molecule has 0 spiro atoms. The molecule has 0 atom stereocenters. The fourth-order valence-electron chi connectivity index (χ4n) is 1.39. The molecule has 0 radical (unpaired) electrons. The van der Waals surface area contributed by atoms with Crippen molar-refractivity contribution in [1.82, 2.24) is 9.78 Å². The van der Waals surface area contributed by atoms with Crippen LogP contribution in [-0.2, 0) is 13.2 Å². The molecule has 0 aliphatic carbocycles. The maximum Gasteiger partial charge on any atom is 0.416 e. The molecule has 17 heavy (non-hydrogen) atoms. The number of nitrogens with one attached hydrogen (secondary N) is 1. The molecule has 0 amide bonds. The molecule has 0 saturated heterocycles. The van der Waals surface area contributed by atoms with Gasteiger partial charge in [-0.05, 0) is 24.3 Å². The SMILES string of the molecule is Cn1cc(Nc2ccc(C(F)(F)F)cc2)cn1. The van der Waals surface area contributed by atoms with Gasteiger partial charge < -0.3 is 5.32 Å². The van der Waals surface area contributed by atoms with Crippen molar-refractivity contribution in [2.24, 2.45) is 7.05 Å². The zero-order valence-electron chi connectivity index (χ0n) is 8.99. The smallest absolute Gasteiger partial charge is 0.353 e. The Bertz CT molecular complexity index is 499. The van der Waals surface area contributed by atoms with Crippen molar-refractivity contribution < 1.29 is 13.2 Å². The van der Waals surface area contributed by atoms with Crippen LogP contribution in [0.15, 0.2) is 36.7 Å². The molecular weight excluding hydrogens is 231 g/mol. The molecule has 0 bridgehead atoms. The van der Waals surface area contributed by atoms with Gasteiger partial charge in [0, 0.05) is 18.9 Å². The molecule has 1 heterocycles. The van der Waals surface area contributed by atoms with Crippen LogP contribution < -0.4 is 5.32 Å². The van der Waals surface area contributed by atoms with Gasteiger partial charge in [-0.3, -0.25) is 4.68 Å². The summed E-state index contributed by atoms with van der Waals surface area (Å²) in [6.45, 7) is 0. The first-order chi connectivity index (χ1) is 7.95. The van der Waals surface area contributed by atoms with Crippen LogP contribution in [-0.4, -0.2) is 9.78 Å². The number of alkyl halides is 3. The molecule has 0 unspecified atom stereocenters. The van der Waals surface area contributed by atoms with E-state index in [0.29, 0.717) is 5.69 Å². The van der Waals surface area contributed by atoms with Gasteiger partial charge in [-0.25, -0.2) is 0 Å². The summed E-state index contributed by atoms with van der Waals surface area (Å²) < 4.78 is 38.6. The lowest BCUT2D eigenvalue weighted by Crippen LogP contribution is -2.04. The Hall–Kier alpha value is -1.98. The van der Waals surface area contributed by atoms with Gasteiger partial charge in [0.15, 0.2) is 0 Å². The molecule has 6 heteroatoms. The largest absolute Gasteiger partial charge is 0.416 e. The van der Waals surface area contributed by atoms with Crippen LogP contribution in [0.3, 0.4) is 0 Å². The number of nitrogens with zero attached hydrogens (tertiary/aromatic N) is 2. The van der Waals surface area contributed by atoms with Gasteiger partial charge in [-0.1, -0.05) is 0 Å². The number of halogens is 3. The number of rotatable bonds is 2. The minimum Gasteiger partial charge on any atom is -0.353 e. The van der Waals surface area contributed by atoms with E-state index in [2.05, 4.69) is 10.4 Å². The highest BCUT2D eigenvalue weighted by molar-refractivity contribution is 5.58. The third-order valence-electron chi connectivity index (χ3n) is 2.21. The Morgan fingerprint density at radius 1 is 1.12 bits per heavy atom. The molecule has 0 aliphatic rings. The summed E-state index contributed by atoms with van der Waals surface area (Å²) in [5.74, 6) is 0. The number of benzene rings is 1. The van der Waals surface area contributed by atoms with Gasteiger partial charge in [0.05, 0.1) is 17.4 Å². The first kappa shape index (κ1) is 11.5. The standard InChI is InChI=1S/C11H10F3N3/c1-17-7-10(6-15-17)16-9-4-2-8(3-5-9)11(12,13)14/h2-7,16H,1H3. The highest BCUT2D eigenvalue weighted by atomic mass is 19.4. The van der Waals surface area contributed by atoms with Crippen molar-refractivity contribution in [2.75, 3.05) is 5.32 Å². The van der Waals surface area contributed by atoms with Crippen LogP contribution in [0.1, 0.15) is 5.56 Å². The lowest BCUT2D eigenvalue weighted by molar-refractivity contribution is -0.137. The van der Waals surface area contributed by atoms with Crippen molar-refractivity contribution in [3.8, 4) is 0 Å². The van der Waals surface area contributed by atoms with Gasteiger partial charge >= 0.3 is 6.18 Å². The van der Waals surface area contributed by atoms with Gasteiger partial charge in [-0.15, -0.1) is 0 Å². The lowest BCUT2D eigenvalue weighted by atomic mass is 10.2. The summed E-state index contributed by atoms with van der Waals surface area (Å²) in [5, 5.41) is 6.90. The molecule has 2 rings (SSSR count). The second-order valence-electron chi connectivity index (χ2n) is 3.60. The Balaban J connectivity index is 2.13. The molecular formula is C11H10F3N3. The van der Waals surface area contributed by atoms with E-state index in [-0.39, 0.29) is 0 Å². The highest BCUT2D eigenvalue weighted by Crippen LogP contribution is 2.30. The highest BCUT2D eigenvalue weighted by Gasteiger charge is 2.29. The topological polar surface area (TPSA) is 29.9 Å². The first-order valence-corrected chi connectivity index (χ1v) is 4.88. The van der Waals surface area contributed by atoms with Crippen LogP contribution in [0.4, 0.5) is 24.5 Å². The summed E-state index contributed by atoms with van der Waals surface area (Å²) in [5.41, 5.74) is 0.660. The Morgan fingerprint density at radius 2 is 1.76 bits per heavy atom. The molecule has 0 saturated carbocycles. The van der Waals surface area contributed by atoms with Crippen LogP contribution in [0.5, 0.6) is 0 Å². The number of aryl methyl sites for hydroxylation is 1. The van der Waals surface area contributed by atoms with E-state index in [0.717, 1.165) is 17.8 Å². The molecule has 90 valence electrons. The molecule has 0 fully saturated rings. The molecule has 1 aromatic carbocycles. The third kappa shape index (κ3) is 2.77. The molecule has 3 nitrogen and oxygen atoms in total.